The zero-order valence-corrected chi connectivity index (χ0v) is 14.3. The number of ether oxygens (including phenoxy) is 1. The number of aromatic nitrogens is 4. The maximum Gasteiger partial charge on any atom is 0.271 e. The first-order valence-electron chi connectivity index (χ1n) is 8.52. The zero-order valence-electron chi connectivity index (χ0n) is 14.3. The van der Waals surface area contributed by atoms with Crippen LogP contribution in [0.15, 0.2) is 36.8 Å². The van der Waals surface area contributed by atoms with Gasteiger partial charge in [0, 0.05) is 37.1 Å². The number of hydrogen-bond acceptors (Lipinski definition) is 9. The monoisotopic (exact) mass is 367 g/mol. The first-order valence-corrected chi connectivity index (χ1v) is 8.52. The second-order valence-corrected chi connectivity index (χ2v) is 6.11. The quantitative estimate of drug-likeness (QED) is 0.516. The Hall–Kier alpha value is -3.40. The summed E-state index contributed by atoms with van der Waals surface area (Å²) in [4.78, 5) is 27.8. The lowest BCUT2D eigenvalue weighted by Gasteiger charge is -2.23. The lowest BCUT2D eigenvalue weighted by atomic mass is 10.1. The Morgan fingerprint density at radius 2 is 2.04 bits per heavy atom. The van der Waals surface area contributed by atoms with Crippen molar-refractivity contribution in [3.8, 4) is 0 Å². The number of anilines is 3. The Kier molecular flexibility index (Phi) is 4.71. The van der Waals surface area contributed by atoms with Crippen molar-refractivity contribution >= 4 is 34.2 Å². The molecule has 1 aliphatic heterocycles. The van der Waals surface area contributed by atoms with Crippen molar-refractivity contribution in [1.29, 1.82) is 0 Å². The number of nitrogens with one attached hydrogen (secondary N) is 2. The maximum absolute atomic E-state index is 11.0. The molecule has 27 heavy (non-hydrogen) atoms. The van der Waals surface area contributed by atoms with Crippen LogP contribution in [0.1, 0.15) is 12.8 Å². The summed E-state index contributed by atoms with van der Waals surface area (Å²) in [5.74, 6) is 0.948. The fourth-order valence-corrected chi connectivity index (χ4v) is 2.87. The largest absolute Gasteiger partial charge is 0.381 e. The fraction of sp³-hybridized carbons (Fsp3) is 0.294. The van der Waals surface area contributed by atoms with E-state index in [-0.39, 0.29) is 11.7 Å². The summed E-state index contributed by atoms with van der Waals surface area (Å²) in [7, 11) is 0. The summed E-state index contributed by atoms with van der Waals surface area (Å²) in [6.07, 6.45) is 4.82. The van der Waals surface area contributed by atoms with Crippen LogP contribution in [0.3, 0.4) is 0 Å². The molecule has 2 aromatic heterocycles. The maximum atomic E-state index is 11.0. The first-order chi connectivity index (χ1) is 13.2. The number of benzene rings is 1. The third-order valence-corrected chi connectivity index (χ3v) is 4.25. The molecule has 138 valence electrons. The van der Waals surface area contributed by atoms with Gasteiger partial charge in [0.15, 0.2) is 5.82 Å². The standard InChI is InChI=1S/C17H17N7O3/c25-24(26)13-3-1-2-12(8-13)21-16-15-14(19-10-20-16)9-18-17(23-15)22-11-4-6-27-7-5-11/h1-3,8-11H,4-7H2,(H,18,22,23)(H,19,20,21). The van der Waals surface area contributed by atoms with Crippen molar-refractivity contribution < 1.29 is 9.66 Å². The number of nitrogens with zero attached hydrogens (tertiary/aromatic N) is 5. The zero-order chi connectivity index (χ0) is 18.6. The van der Waals surface area contributed by atoms with E-state index in [0.29, 0.717) is 41.7 Å². The molecule has 1 fully saturated rings. The van der Waals surface area contributed by atoms with E-state index in [1.807, 2.05) is 0 Å². The lowest BCUT2D eigenvalue weighted by Crippen LogP contribution is -2.28. The van der Waals surface area contributed by atoms with Crippen molar-refractivity contribution in [2.24, 2.45) is 0 Å². The van der Waals surface area contributed by atoms with Gasteiger partial charge >= 0.3 is 0 Å². The second kappa shape index (κ2) is 7.46. The molecule has 10 heteroatoms. The van der Waals surface area contributed by atoms with Crippen molar-refractivity contribution in [2.75, 3.05) is 23.8 Å². The van der Waals surface area contributed by atoms with Gasteiger partial charge in [0.25, 0.3) is 5.69 Å². The molecular weight excluding hydrogens is 350 g/mol. The van der Waals surface area contributed by atoms with Crippen LogP contribution in [-0.2, 0) is 4.74 Å². The van der Waals surface area contributed by atoms with E-state index in [1.54, 1.807) is 18.3 Å². The van der Waals surface area contributed by atoms with Gasteiger partial charge in [0.2, 0.25) is 5.95 Å². The van der Waals surface area contributed by atoms with Gasteiger partial charge < -0.3 is 15.4 Å². The van der Waals surface area contributed by atoms with Gasteiger partial charge in [-0.2, -0.15) is 0 Å². The molecule has 0 atom stereocenters. The van der Waals surface area contributed by atoms with Crippen LogP contribution in [0.25, 0.3) is 11.0 Å². The van der Waals surface area contributed by atoms with Gasteiger partial charge in [0.05, 0.1) is 11.1 Å². The first kappa shape index (κ1) is 17.0. The third-order valence-electron chi connectivity index (χ3n) is 4.25. The lowest BCUT2D eigenvalue weighted by molar-refractivity contribution is -0.384. The Bertz CT molecular complexity index is 976. The molecule has 0 amide bonds. The van der Waals surface area contributed by atoms with Crippen molar-refractivity contribution in [1.82, 2.24) is 19.9 Å². The molecule has 1 aromatic carbocycles. The minimum Gasteiger partial charge on any atom is -0.381 e. The van der Waals surface area contributed by atoms with Crippen LogP contribution < -0.4 is 10.6 Å². The molecule has 1 aliphatic rings. The number of non-ortho nitro benzene ring substituents is 1. The third kappa shape index (κ3) is 3.90. The van der Waals surface area contributed by atoms with Gasteiger partial charge in [-0.15, -0.1) is 0 Å². The van der Waals surface area contributed by atoms with Crippen LogP contribution in [0.2, 0.25) is 0 Å². The Morgan fingerprint density at radius 3 is 2.85 bits per heavy atom. The summed E-state index contributed by atoms with van der Waals surface area (Å²) >= 11 is 0. The number of nitro groups is 1. The molecule has 0 spiro atoms. The van der Waals surface area contributed by atoms with Crippen molar-refractivity contribution in [3.63, 3.8) is 0 Å². The highest BCUT2D eigenvalue weighted by Crippen LogP contribution is 2.24. The smallest absolute Gasteiger partial charge is 0.271 e. The minimum absolute atomic E-state index is 0.00476. The van der Waals surface area contributed by atoms with Gasteiger partial charge in [-0.05, 0) is 18.9 Å². The SMILES string of the molecule is O=[N+]([O-])c1cccc(Nc2ncnc3cnc(NC4CCOCC4)nc23)c1. The van der Waals surface area contributed by atoms with Crippen molar-refractivity contribution in [2.45, 2.75) is 18.9 Å². The highest BCUT2D eigenvalue weighted by Gasteiger charge is 2.16. The average Bonchev–Trinajstić information content (AvgIpc) is 2.69. The van der Waals surface area contributed by atoms with E-state index in [9.17, 15) is 10.1 Å². The predicted octanol–water partition coefficient (Wildman–Crippen LogP) is 2.66. The summed E-state index contributed by atoms with van der Waals surface area (Å²) < 4.78 is 5.36. The van der Waals surface area contributed by atoms with E-state index in [2.05, 4.69) is 30.6 Å². The van der Waals surface area contributed by atoms with E-state index in [4.69, 9.17) is 4.74 Å². The second-order valence-electron chi connectivity index (χ2n) is 6.11. The van der Waals surface area contributed by atoms with Crippen LogP contribution in [0.5, 0.6) is 0 Å². The summed E-state index contributed by atoms with van der Waals surface area (Å²) in [5, 5.41) is 17.4. The van der Waals surface area contributed by atoms with Gasteiger partial charge in [0.1, 0.15) is 17.4 Å². The number of hydrogen-bond donors (Lipinski definition) is 2. The van der Waals surface area contributed by atoms with Crippen LogP contribution in [-0.4, -0.2) is 44.1 Å². The van der Waals surface area contributed by atoms with Crippen LogP contribution in [0, 0.1) is 10.1 Å². The summed E-state index contributed by atoms with van der Waals surface area (Å²) in [6, 6.07) is 6.46. The molecule has 4 rings (SSSR count). The van der Waals surface area contributed by atoms with Crippen molar-refractivity contribution in [3.05, 3.63) is 46.9 Å². The van der Waals surface area contributed by atoms with E-state index < -0.39 is 4.92 Å². The normalized spacial score (nSPS) is 14.8. The van der Waals surface area contributed by atoms with Gasteiger partial charge in [-0.25, -0.2) is 19.9 Å². The highest BCUT2D eigenvalue weighted by atomic mass is 16.6. The van der Waals surface area contributed by atoms with Crippen LogP contribution in [0.4, 0.5) is 23.1 Å². The number of fused-ring (bicyclic) bond motifs is 1. The molecule has 0 unspecified atom stereocenters. The summed E-state index contributed by atoms with van der Waals surface area (Å²) in [6.45, 7) is 1.43. The Labute approximate surface area is 154 Å². The van der Waals surface area contributed by atoms with E-state index >= 15 is 0 Å². The van der Waals surface area contributed by atoms with E-state index in [0.717, 1.165) is 12.8 Å². The highest BCUT2D eigenvalue weighted by molar-refractivity contribution is 5.87. The molecule has 3 heterocycles. The molecule has 0 aliphatic carbocycles. The van der Waals surface area contributed by atoms with Crippen LogP contribution >= 0.6 is 0 Å². The Balaban J connectivity index is 1.63. The molecule has 1 saturated heterocycles. The molecule has 0 saturated carbocycles. The molecule has 2 N–H and O–H groups in total. The minimum atomic E-state index is -0.443. The molecule has 3 aromatic rings. The molecular formula is C17H17N7O3. The Morgan fingerprint density at radius 1 is 1.19 bits per heavy atom. The summed E-state index contributed by atoms with van der Waals surface area (Å²) in [5.41, 5.74) is 1.65. The molecule has 0 bridgehead atoms. The van der Waals surface area contributed by atoms with Gasteiger partial charge in [-0.1, -0.05) is 6.07 Å². The van der Waals surface area contributed by atoms with Gasteiger partial charge in [-0.3, -0.25) is 10.1 Å². The molecule has 10 nitrogen and oxygen atoms in total. The number of rotatable bonds is 5. The number of nitro benzene ring substituents is 1. The van der Waals surface area contributed by atoms with E-state index in [1.165, 1.54) is 18.5 Å². The molecule has 0 radical (unpaired) electrons. The fourth-order valence-electron chi connectivity index (χ4n) is 2.87. The average molecular weight is 367 g/mol. The topological polar surface area (TPSA) is 128 Å². The predicted molar refractivity (Wildman–Crippen MR) is 99.0 cm³/mol.